The molecule has 0 saturated heterocycles. The average Bonchev–Trinajstić information content (AvgIpc) is 2.27. The highest BCUT2D eigenvalue weighted by Gasteiger charge is 1.94. The molecule has 0 bridgehead atoms. The van der Waals surface area contributed by atoms with Crippen molar-refractivity contribution in [2.24, 2.45) is 0 Å². The van der Waals surface area contributed by atoms with Crippen molar-refractivity contribution in [2.75, 3.05) is 0 Å². The summed E-state index contributed by atoms with van der Waals surface area (Å²) < 4.78 is 1.30. The van der Waals surface area contributed by atoms with E-state index >= 15 is 0 Å². The van der Waals surface area contributed by atoms with Crippen LogP contribution in [0.4, 0.5) is 0 Å². The first-order valence-electron chi connectivity index (χ1n) is 2.97. The Morgan fingerprint density at radius 1 is 1.30 bits per heavy atom. The molecule has 1 heterocycles. The van der Waals surface area contributed by atoms with Crippen LogP contribution >= 0.6 is 11.8 Å². The molecule has 1 aromatic carbocycles. The Hall–Kier alpha value is -1.02. The van der Waals surface area contributed by atoms with Gasteiger partial charge in [-0.2, -0.15) is 9.30 Å². The minimum atomic E-state index is 0.928. The van der Waals surface area contributed by atoms with Crippen LogP contribution in [0.1, 0.15) is 0 Å². The summed E-state index contributed by atoms with van der Waals surface area (Å²) in [6.07, 6.45) is 1.77. The molecule has 2 aromatic rings. The van der Waals surface area contributed by atoms with Crippen LogP contribution in [-0.2, 0) is 0 Å². The molecular formula is C7H5ClN2. The number of halogens is 1. The second-order valence-electron chi connectivity index (χ2n) is 2.08. The van der Waals surface area contributed by atoms with Crippen LogP contribution < -0.4 is 0 Å². The first-order chi connectivity index (χ1) is 4.86. The summed E-state index contributed by atoms with van der Waals surface area (Å²) in [7, 11) is 0. The van der Waals surface area contributed by atoms with Gasteiger partial charge in [0, 0.05) is 17.2 Å². The number of hydrogen-bond donors (Lipinski definition) is 0. The van der Waals surface area contributed by atoms with Crippen LogP contribution in [0.25, 0.3) is 10.9 Å². The Bertz CT molecular complexity index is 320. The molecule has 0 aliphatic heterocycles. The standard InChI is InChI=1S/C7H5ClN2/c8-10-5-6-3-1-2-4-7(6)9-10/h1-5H. The van der Waals surface area contributed by atoms with Crippen LogP contribution in [0.5, 0.6) is 0 Å². The van der Waals surface area contributed by atoms with Crippen molar-refractivity contribution in [1.82, 2.24) is 9.30 Å². The fourth-order valence-corrected chi connectivity index (χ4v) is 1.12. The van der Waals surface area contributed by atoms with E-state index in [1.54, 1.807) is 6.20 Å². The Balaban J connectivity index is 2.88. The summed E-state index contributed by atoms with van der Waals surface area (Å²) >= 11 is 5.59. The van der Waals surface area contributed by atoms with Crippen molar-refractivity contribution in [3.05, 3.63) is 30.5 Å². The summed E-state index contributed by atoms with van der Waals surface area (Å²) in [6.45, 7) is 0. The molecule has 2 rings (SSSR count). The Morgan fingerprint density at radius 2 is 2.10 bits per heavy atom. The molecule has 2 nitrogen and oxygen atoms in total. The Morgan fingerprint density at radius 3 is 2.90 bits per heavy atom. The lowest BCUT2D eigenvalue weighted by atomic mass is 10.3. The van der Waals surface area contributed by atoms with Gasteiger partial charge in [0.05, 0.1) is 11.7 Å². The van der Waals surface area contributed by atoms with Gasteiger partial charge in [-0.05, 0) is 6.07 Å². The van der Waals surface area contributed by atoms with Crippen molar-refractivity contribution in [3.63, 3.8) is 0 Å². The van der Waals surface area contributed by atoms with Gasteiger partial charge in [-0.1, -0.05) is 18.2 Å². The fourth-order valence-electron chi connectivity index (χ4n) is 0.934. The summed E-state index contributed by atoms with van der Waals surface area (Å²) in [5, 5.41) is 5.06. The zero-order valence-electron chi connectivity index (χ0n) is 5.16. The summed E-state index contributed by atoms with van der Waals surface area (Å²) in [5.41, 5.74) is 0.928. The molecule has 0 spiro atoms. The van der Waals surface area contributed by atoms with E-state index in [-0.39, 0.29) is 0 Å². The van der Waals surface area contributed by atoms with Gasteiger partial charge in [0.1, 0.15) is 0 Å². The lowest BCUT2D eigenvalue weighted by molar-refractivity contribution is 1.02. The molecule has 0 atom stereocenters. The molecule has 10 heavy (non-hydrogen) atoms. The second kappa shape index (κ2) is 1.99. The predicted octanol–water partition coefficient (Wildman–Crippen LogP) is 2.04. The first kappa shape index (κ1) is 5.74. The zero-order chi connectivity index (χ0) is 6.97. The Kier molecular flexibility index (Phi) is 1.14. The predicted molar refractivity (Wildman–Crippen MR) is 41.0 cm³/mol. The van der Waals surface area contributed by atoms with Crippen molar-refractivity contribution in [3.8, 4) is 0 Å². The third kappa shape index (κ3) is 0.772. The minimum Gasteiger partial charge on any atom is -0.179 e. The molecule has 0 unspecified atom stereocenters. The normalized spacial score (nSPS) is 10.5. The molecule has 0 aliphatic carbocycles. The quantitative estimate of drug-likeness (QED) is 0.565. The number of hydrogen-bond acceptors (Lipinski definition) is 1. The number of nitrogens with zero attached hydrogens (tertiary/aromatic N) is 2. The topological polar surface area (TPSA) is 17.8 Å². The van der Waals surface area contributed by atoms with Crippen molar-refractivity contribution >= 4 is 22.7 Å². The van der Waals surface area contributed by atoms with E-state index in [9.17, 15) is 0 Å². The van der Waals surface area contributed by atoms with Gasteiger partial charge in [0.25, 0.3) is 0 Å². The monoisotopic (exact) mass is 152 g/mol. The smallest absolute Gasteiger partial charge is 0.0938 e. The zero-order valence-corrected chi connectivity index (χ0v) is 5.92. The lowest BCUT2D eigenvalue weighted by Gasteiger charge is -1.80. The SMILES string of the molecule is Cln1cc2ccccc2n1. The molecular weight excluding hydrogens is 148 g/mol. The maximum absolute atomic E-state index is 5.59. The number of benzene rings is 1. The molecule has 0 fully saturated rings. The summed E-state index contributed by atoms with van der Waals surface area (Å²) in [5.74, 6) is 0. The van der Waals surface area contributed by atoms with Gasteiger partial charge in [-0.3, -0.25) is 0 Å². The van der Waals surface area contributed by atoms with E-state index in [2.05, 4.69) is 5.10 Å². The molecule has 1 aromatic heterocycles. The van der Waals surface area contributed by atoms with E-state index in [1.807, 2.05) is 24.3 Å². The molecule has 0 aliphatic rings. The molecule has 0 saturated carbocycles. The average molecular weight is 153 g/mol. The first-order valence-corrected chi connectivity index (χ1v) is 3.30. The van der Waals surface area contributed by atoms with Crippen molar-refractivity contribution in [2.45, 2.75) is 0 Å². The van der Waals surface area contributed by atoms with Gasteiger partial charge in [0.15, 0.2) is 0 Å². The lowest BCUT2D eigenvalue weighted by Crippen LogP contribution is -1.75. The molecule has 3 heteroatoms. The van der Waals surface area contributed by atoms with E-state index < -0.39 is 0 Å². The maximum atomic E-state index is 5.59. The molecule has 0 N–H and O–H groups in total. The Labute approximate surface area is 63.1 Å². The summed E-state index contributed by atoms with van der Waals surface area (Å²) in [6, 6.07) is 7.79. The highest BCUT2D eigenvalue weighted by atomic mass is 35.5. The molecule has 0 radical (unpaired) electrons. The molecule has 50 valence electrons. The van der Waals surface area contributed by atoms with E-state index in [0.717, 1.165) is 10.9 Å². The van der Waals surface area contributed by atoms with Crippen LogP contribution in [0, 0.1) is 0 Å². The van der Waals surface area contributed by atoms with Gasteiger partial charge in [-0.25, -0.2) is 0 Å². The second-order valence-corrected chi connectivity index (χ2v) is 2.42. The van der Waals surface area contributed by atoms with Crippen LogP contribution in [-0.4, -0.2) is 9.30 Å². The van der Waals surface area contributed by atoms with Crippen LogP contribution in [0.2, 0.25) is 0 Å². The van der Waals surface area contributed by atoms with Gasteiger partial charge in [0.2, 0.25) is 0 Å². The minimum absolute atomic E-state index is 0.928. The largest absolute Gasteiger partial charge is 0.179 e. The van der Waals surface area contributed by atoms with Crippen molar-refractivity contribution < 1.29 is 0 Å². The van der Waals surface area contributed by atoms with E-state index in [0.29, 0.717) is 0 Å². The van der Waals surface area contributed by atoms with Crippen molar-refractivity contribution in [1.29, 1.82) is 0 Å². The van der Waals surface area contributed by atoms with Gasteiger partial charge >= 0.3 is 0 Å². The maximum Gasteiger partial charge on any atom is 0.0938 e. The number of fused-ring (bicyclic) bond motifs is 1. The van der Waals surface area contributed by atoms with Crippen LogP contribution in [0.3, 0.4) is 0 Å². The third-order valence-corrected chi connectivity index (χ3v) is 1.56. The number of aromatic nitrogens is 2. The van der Waals surface area contributed by atoms with Gasteiger partial charge < -0.3 is 0 Å². The molecule has 0 amide bonds. The number of rotatable bonds is 0. The van der Waals surface area contributed by atoms with E-state index in [4.69, 9.17) is 11.8 Å². The van der Waals surface area contributed by atoms with E-state index in [1.165, 1.54) is 4.20 Å². The summed E-state index contributed by atoms with van der Waals surface area (Å²) in [4.78, 5) is 0. The highest BCUT2D eigenvalue weighted by molar-refractivity contribution is 6.15. The fraction of sp³-hybridized carbons (Fsp3) is 0. The highest BCUT2D eigenvalue weighted by Crippen LogP contribution is 2.10. The van der Waals surface area contributed by atoms with Crippen LogP contribution in [0.15, 0.2) is 30.5 Å². The van der Waals surface area contributed by atoms with Gasteiger partial charge in [-0.15, -0.1) is 0 Å². The third-order valence-electron chi connectivity index (χ3n) is 1.39.